The third-order valence-corrected chi connectivity index (χ3v) is 0. The van der Waals surface area contributed by atoms with Crippen molar-refractivity contribution in [2.45, 2.75) is 34.6 Å². The maximum atomic E-state index is 9.00. The number of carboxylic acids is 5. The summed E-state index contributed by atoms with van der Waals surface area (Å²) in [5, 5.41) is 37.1. The van der Waals surface area contributed by atoms with E-state index in [0.717, 1.165) is 34.6 Å². The van der Waals surface area contributed by atoms with Crippen molar-refractivity contribution >= 4 is 40.2 Å². The molecule has 152 valence electrons. The van der Waals surface area contributed by atoms with Gasteiger partial charge >= 0.3 is 10.4 Å². The van der Waals surface area contributed by atoms with E-state index >= 15 is 0 Å². The quantitative estimate of drug-likeness (QED) is 0.261. The van der Waals surface area contributed by atoms with Crippen LogP contribution in [-0.4, -0.2) is 72.9 Å². The zero-order chi connectivity index (χ0) is 22.4. The van der Waals surface area contributed by atoms with Crippen LogP contribution in [0.25, 0.3) is 0 Å². The van der Waals surface area contributed by atoms with E-state index in [1.807, 2.05) is 0 Å². The molecule has 0 radical (unpaired) electrons. The van der Waals surface area contributed by atoms with E-state index in [4.69, 9.17) is 67.0 Å². The van der Waals surface area contributed by atoms with Crippen LogP contribution in [0, 0.1) is 0 Å². The Morgan fingerprint density at radius 2 is 0.480 bits per heavy atom. The first-order valence-corrected chi connectivity index (χ1v) is 6.73. The fourth-order valence-electron chi connectivity index (χ4n) is 0. The molecule has 0 amide bonds. The molecule has 0 bridgehead atoms. The Balaban J connectivity index is -0.0000000434. The molecule has 0 aliphatic heterocycles. The lowest BCUT2D eigenvalue weighted by Gasteiger charge is -1.68. The van der Waals surface area contributed by atoms with Gasteiger partial charge in [0.15, 0.2) is 0 Å². The molecule has 25 heavy (non-hydrogen) atoms. The Morgan fingerprint density at radius 1 is 0.480 bits per heavy atom. The topological polar surface area (TPSA) is 261 Å². The van der Waals surface area contributed by atoms with Crippen molar-refractivity contribution in [1.29, 1.82) is 0 Å². The maximum Gasteiger partial charge on any atom is 0.394 e. The predicted molar refractivity (Wildman–Crippen MR) is 80.7 cm³/mol. The minimum absolute atomic E-state index is 0.833. The summed E-state index contributed by atoms with van der Waals surface area (Å²) in [4.78, 5) is 45.0. The standard InChI is InChI=1S/5C2H4O2.H2O4S/c5*1-2(3)4;1-5(2,3)4/h5*1H3,(H,3,4);(H2,1,2,3,4). The number of carboxylic acid groups (broad SMARTS) is 5. The fraction of sp³-hybridized carbons (Fsp3) is 0.500. The summed E-state index contributed by atoms with van der Waals surface area (Å²) >= 11 is 0. The van der Waals surface area contributed by atoms with Crippen LogP contribution in [0.3, 0.4) is 0 Å². The Kier molecular flexibility index (Phi) is 39.8. The Bertz CT molecular complexity index is 380. The molecule has 0 heterocycles. The first-order chi connectivity index (χ1) is 10.7. The molecule has 0 fully saturated rings. The average Bonchev–Trinajstić information content (AvgIpc) is 2.06. The predicted octanol–water partition coefficient (Wildman–Crippen LogP) is -0.198. The summed E-state index contributed by atoms with van der Waals surface area (Å²) < 4.78 is 31.6. The van der Waals surface area contributed by atoms with Crippen molar-refractivity contribution in [1.82, 2.24) is 0 Å². The molecule has 0 aromatic rings. The third-order valence-electron chi connectivity index (χ3n) is 0. The van der Waals surface area contributed by atoms with Crippen molar-refractivity contribution in [3.05, 3.63) is 0 Å². The van der Waals surface area contributed by atoms with E-state index in [1.54, 1.807) is 0 Å². The van der Waals surface area contributed by atoms with Gasteiger partial charge in [0.05, 0.1) is 0 Å². The van der Waals surface area contributed by atoms with E-state index in [0.29, 0.717) is 0 Å². The van der Waals surface area contributed by atoms with Crippen LogP contribution in [0.5, 0.6) is 0 Å². The van der Waals surface area contributed by atoms with Gasteiger partial charge in [-0.05, 0) is 0 Å². The van der Waals surface area contributed by atoms with Gasteiger partial charge in [-0.25, -0.2) is 0 Å². The van der Waals surface area contributed by atoms with Crippen molar-refractivity contribution in [2.75, 3.05) is 0 Å². The highest BCUT2D eigenvalue weighted by atomic mass is 32.3. The van der Waals surface area contributed by atoms with Crippen molar-refractivity contribution in [3.63, 3.8) is 0 Å². The van der Waals surface area contributed by atoms with Crippen molar-refractivity contribution in [3.8, 4) is 0 Å². The minimum Gasteiger partial charge on any atom is -0.481 e. The highest BCUT2D eigenvalue weighted by Gasteiger charge is 1.84. The second kappa shape index (κ2) is 26.1. The third kappa shape index (κ3) is 1010. The van der Waals surface area contributed by atoms with E-state index in [1.165, 1.54) is 0 Å². The zero-order valence-electron chi connectivity index (χ0n) is 13.9. The number of rotatable bonds is 0. The monoisotopic (exact) mass is 398 g/mol. The highest BCUT2D eigenvalue weighted by molar-refractivity contribution is 7.79. The van der Waals surface area contributed by atoms with E-state index in [9.17, 15) is 0 Å². The van der Waals surface area contributed by atoms with Gasteiger partial charge in [-0.15, -0.1) is 0 Å². The highest BCUT2D eigenvalue weighted by Crippen LogP contribution is 1.59. The lowest BCUT2D eigenvalue weighted by Crippen LogP contribution is -1.89. The molecule has 0 unspecified atom stereocenters. The summed E-state index contributed by atoms with van der Waals surface area (Å²) in [7, 11) is -4.67. The van der Waals surface area contributed by atoms with E-state index < -0.39 is 40.2 Å². The van der Waals surface area contributed by atoms with Gasteiger partial charge < -0.3 is 25.5 Å². The van der Waals surface area contributed by atoms with Gasteiger partial charge in [0.2, 0.25) is 0 Å². The Labute approximate surface area is 142 Å². The van der Waals surface area contributed by atoms with Crippen LogP contribution in [0.2, 0.25) is 0 Å². The largest absolute Gasteiger partial charge is 0.481 e. The number of hydrogen-bond acceptors (Lipinski definition) is 7. The summed E-state index contributed by atoms with van der Waals surface area (Å²) in [6, 6.07) is 0. The molecule has 0 atom stereocenters. The first kappa shape index (κ1) is 38.0. The molecule has 7 N–H and O–H groups in total. The second-order valence-electron chi connectivity index (χ2n) is 3.04. The molecule has 0 rings (SSSR count). The summed E-state index contributed by atoms with van der Waals surface area (Å²) in [6.07, 6.45) is 0. The molecule has 0 saturated heterocycles. The van der Waals surface area contributed by atoms with Gasteiger partial charge in [-0.3, -0.25) is 33.1 Å². The average molecular weight is 398 g/mol. The van der Waals surface area contributed by atoms with Crippen LogP contribution in [0.1, 0.15) is 34.6 Å². The SMILES string of the molecule is CC(=O)O.CC(=O)O.CC(=O)O.CC(=O)O.CC(=O)O.O=S(=O)(O)O. The van der Waals surface area contributed by atoms with Crippen LogP contribution >= 0.6 is 0 Å². The summed E-state index contributed by atoms with van der Waals surface area (Å²) in [5.41, 5.74) is 0. The summed E-state index contributed by atoms with van der Waals surface area (Å²) in [6.45, 7) is 5.42. The van der Waals surface area contributed by atoms with Gasteiger partial charge in [0.25, 0.3) is 29.8 Å². The molecular weight excluding hydrogens is 376 g/mol. The number of aliphatic carboxylic acids is 5. The molecule has 0 aromatic carbocycles. The van der Waals surface area contributed by atoms with Crippen molar-refractivity contribution in [2.24, 2.45) is 0 Å². The van der Waals surface area contributed by atoms with Crippen LogP contribution in [0.15, 0.2) is 0 Å². The molecule has 0 aliphatic rings. The Morgan fingerprint density at radius 3 is 0.480 bits per heavy atom. The lowest BCUT2D eigenvalue weighted by molar-refractivity contribution is -0.135. The number of hydrogen-bond donors (Lipinski definition) is 7. The van der Waals surface area contributed by atoms with Crippen LogP contribution < -0.4 is 0 Å². The van der Waals surface area contributed by atoms with Crippen LogP contribution in [0.4, 0.5) is 0 Å². The van der Waals surface area contributed by atoms with Gasteiger partial charge in [0, 0.05) is 34.6 Å². The molecule has 15 heteroatoms. The smallest absolute Gasteiger partial charge is 0.394 e. The second-order valence-corrected chi connectivity index (χ2v) is 3.94. The normalized spacial score (nSPS) is 7.32. The molecular formula is C10H22O14S. The first-order valence-electron chi connectivity index (χ1n) is 5.34. The maximum absolute atomic E-state index is 9.00. The van der Waals surface area contributed by atoms with Gasteiger partial charge in [-0.1, -0.05) is 0 Å². The van der Waals surface area contributed by atoms with Gasteiger partial charge in [0.1, 0.15) is 0 Å². The number of carbonyl (C=O) groups is 5. The molecule has 0 saturated carbocycles. The van der Waals surface area contributed by atoms with Crippen molar-refractivity contribution < 1.29 is 67.0 Å². The van der Waals surface area contributed by atoms with E-state index in [-0.39, 0.29) is 0 Å². The minimum atomic E-state index is -4.67. The Hall–Kier alpha value is -2.78. The molecule has 0 spiro atoms. The molecule has 0 aliphatic carbocycles. The van der Waals surface area contributed by atoms with Gasteiger partial charge in [-0.2, -0.15) is 8.42 Å². The molecule has 0 aromatic heterocycles. The lowest BCUT2D eigenvalue weighted by atomic mass is 10.9. The molecule has 14 nitrogen and oxygen atoms in total. The summed E-state index contributed by atoms with van der Waals surface area (Å²) in [5.74, 6) is -4.17. The van der Waals surface area contributed by atoms with Crippen LogP contribution in [-0.2, 0) is 34.4 Å². The fourth-order valence-corrected chi connectivity index (χ4v) is 0. The van der Waals surface area contributed by atoms with E-state index in [2.05, 4.69) is 0 Å². The zero-order valence-corrected chi connectivity index (χ0v) is 14.7.